The summed E-state index contributed by atoms with van der Waals surface area (Å²) in [6.07, 6.45) is 0. The fourth-order valence-electron chi connectivity index (χ4n) is 3.17. The summed E-state index contributed by atoms with van der Waals surface area (Å²) >= 11 is 6.32. The van der Waals surface area contributed by atoms with Crippen molar-refractivity contribution in [1.29, 1.82) is 0 Å². The van der Waals surface area contributed by atoms with Crippen molar-refractivity contribution in [3.05, 3.63) is 96.1 Å². The van der Waals surface area contributed by atoms with Crippen molar-refractivity contribution in [3.63, 3.8) is 0 Å². The molecule has 1 aliphatic heterocycles. The second kappa shape index (κ2) is 6.77. The van der Waals surface area contributed by atoms with E-state index in [0.717, 1.165) is 28.1 Å². The fourth-order valence-corrected chi connectivity index (χ4v) is 3.43. The van der Waals surface area contributed by atoms with Crippen LogP contribution in [-0.4, -0.2) is 11.1 Å². The van der Waals surface area contributed by atoms with E-state index in [9.17, 15) is 0 Å². The highest BCUT2D eigenvalue weighted by molar-refractivity contribution is 6.66. The summed E-state index contributed by atoms with van der Waals surface area (Å²) in [5.74, 6) is 0.718. The minimum atomic E-state index is -0.667. The van der Waals surface area contributed by atoms with Crippen LogP contribution in [0.4, 0.5) is 0 Å². The van der Waals surface area contributed by atoms with Gasteiger partial charge in [-0.05, 0) is 35.2 Å². The summed E-state index contributed by atoms with van der Waals surface area (Å²) in [7, 11) is 0. The number of hydrogen-bond donors (Lipinski definition) is 1. The van der Waals surface area contributed by atoms with E-state index in [4.69, 9.17) is 11.6 Å². The minimum Gasteiger partial charge on any atom is -0.342 e. The van der Waals surface area contributed by atoms with Crippen molar-refractivity contribution in [2.24, 2.45) is 9.98 Å². The molecule has 3 aromatic carbocycles. The lowest BCUT2D eigenvalue weighted by Gasteiger charge is -2.32. The molecule has 0 aliphatic carbocycles. The maximum atomic E-state index is 6.32. The van der Waals surface area contributed by atoms with Gasteiger partial charge in [-0.3, -0.25) is 0 Å². The molecule has 0 spiro atoms. The smallest absolute Gasteiger partial charge is 0.222 e. The van der Waals surface area contributed by atoms with Gasteiger partial charge in [0.05, 0.1) is 0 Å². The third kappa shape index (κ3) is 3.14. The van der Waals surface area contributed by atoms with E-state index in [0.29, 0.717) is 0 Å². The van der Waals surface area contributed by atoms with Crippen LogP contribution in [0.25, 0.3) is 11.1 Å². The van der Waals surface area contributed by atoms with Crippen LogP contribution in [-0.2, 0) is 5.66 Å². The van der Waals surface area contributed by atoms with Crippen molar-refractivity contribution in [2.75, 3.05) is 0 Å². The Balaban J connectivity index is 1.79. The number of amidine groups is 2. The molecule has 4 heteroatoms. The summed E-state index contributed by atoms with van der Waals surface area (Å²) in [6.45, 7) is 2.00. The Labute approximate surface area is 158 Å². The molecule has 128 valence electrons. The molecule has 3 aromatic rings. The molecule has 3 nitrogen and oxygen atoms in total. The van der Waals surface area contributed by atoms with Gasteiger partial charge in [-0.2, -0.15) is 0 Å². The number of nitrogens with one attached hydrogen (secondary N) is 1. The molecule has 0 amide bonds. The molecule has 1 atom stereocenters. The van der Waals surface area contributed by atoms with Gasteiger partial charge in [-0.25, -0.2) is 9.98 Å². The highest BCUT2D eigenvalue weighted by Crippen LogP contribution is 2.29. The largest absolute Gasteiger partial charge is 0.342 e. The molecule has 0 fully saturated rings. The van der Waals surface area contributed by atoms with E-state index in [1.54, 1.807) is 0 Å². The van der Waals surface area contributed by atoms with Crippen molar-refractivity contribution in [2.45, 2.75) is 12.6 Å². The van der Waals surface area contributed by atoms with Crippen LogP contribution in [0.1, 0.15) is 18.1 Å². The molecule has 26 heavy (non-hydrogen) atoms. The molecule has 0 saturated carbocycles. The number of aliphatic imine (C=N–C) groups is 2. The van der Waals surface area contributed by atoms with E-state index in [1.165, 1.54) is 0 Å². The monoisotopic (exact) mass is 359 g/mol. The summed E-state index contributed by atoms with van der Waals surface area (Å²) in [4.78, 5) is 9.03. The molecular weight excluding hydrogens is 342 g/mol. The number of halogens is 1. The Hall–Kier alpha value is -2.91. The lowest BCUT2D eigenvalue weighted by molar-refractivity contribution is 0.456. The maximum Gasteiger partial charge on any atom is 0.222 e. The van der Waals surface area contributed by atoms with Gasteiger partial charge in [0.15, 0.2) is 5.66 Å². The molecule has 0 saturated heterocycles. The third-order valence-electron chi connectivity index (χ3n) is 4.48. The van der Waals surface area contributed by atoms with Gasteiger partial charge in [0.2, 0.25) is 5.29 Å². The number of benzene rings is 3. The van der Waals surface area contributed by atoms with Gasteiger partial charge in [0.25, 0.3) is 0 Å². The van der Waals surface area contributed by atoms with Crippen LogP contribution in [0.2, 0.25) is 0 Å². The topological polar surface area (TPSA) is 36.8 Å². The third-order valence-corrected chi connectivity index (χ3v) is 4.65. The second-order valence-electron chi connectivity index (χ2n) is 6.32. The summed E-state index contributed by atoms with van der Waals surface area (Å²) in [5, 5.41) is 3.72. The van der Waals surface area contributed by atoms with Crippen LogP contribution in [0, 0.1) is 0 Å². The van der Waals surface area contributed by atoms with Crippen molar-refractivity contribution < 1.29 is 0 Å². The molecular formula is C22H18ClN3. The Morgan fingerprint density at radius 2 is 1.35 bits per heavy atom. The van der Waals surface area contributed by atoms with Crippen molar-refractivity contribution in [1.82, 2.24) is 5.32 Å². The fraction of sp³-hybridized carbons (Fsp3) is 0.0909. The maximum absolute atomic E-state index is 6.32. The van der Waals surface area contributed by atoms with E-state index in [1.807, 2.05) is 67.6 Å². The first-order valence-electron chi connectivity index (χ1n) is 8.48. The Morgan fingerprint density at radius 1 is 0.769 bits per heavy atom. The van der Waals surface area contributed by atoms with Gasteiger partial charge in [0.1, 0.15) is 5.84 Å². The Bertz CT molecular complexity index is 981. The molecule has 1 unspecified atom stereocenters. The van der Waals surface area contributed by atoms with E-state index < -0.39 is 5.66 Å². The van der Waals surface area contributed by atoms with E-state index in [-0.39, 0.29) is 5.29 Å². The number of nitrogens with zero attached hydrogens (tertiary/aromatic N) is 2. The first-order valence-corrected chi connectivity index (χ1v) is 8.86. The zero-order chi connectivity index (χ0) is 18.0. The molecule has 0 aromatic heterocycles. The standard InChI is InChI=1S/C22H18ClN3/c1-22(17-12-6-3-7-13-17)25-20(24-21(23)26-22)19-15-9-8-14-18(19)16-10-4-2-5-11-16/h2-15H,1H3,(H,24,25,26). The highest BCUT2D eigenvalue weighted by Gasteiger charge is 2.31. The van der Waals surface area contributed by atoms with Gasteiger partial charge in [-0.1, -0.05) is 84.9 Å². The normalized spacial score (nSPS) is 19.3. The molecule has 1 aliphatic rings. The van der Waals surface area contributed by atoms with Crippen LogP contribution >= 0.6 is 11.6 Å². The number of rotatable bonds is 3. The molecule has 0 radical (unpaired) electrons. The molecule has 4 rings (SSSR count). The van der Waals surface area contributed by atoms with Crippen LogP contribution in [0.3, 0.4) is 0 Å². The van der Waals surface area contributed by atoms with E-state index >= 15 is 0 Å². The van der Waals surface area contributed by atoms with Gasteiger partial charge in [-0.15, -0.1) is 0 Å². The predicted octanol–water partition coefficient (Wildman–Crippen LogP) is 5.17. The molecule has 1 N–H and O–H groups in total. The first-order chi connectivity index (χ1) is 12.7. The SMILES string of the molecule is CC1(c2ccccc2)N=C(Cl)N=C(c2ccccc2-c2ccccc2)N1. The lowest BCUT2D eigenvalue weighted by Crippen LogP contribution is -2.45. The summed E-state index contributed by atoms with van der Waals surface area (Å²) < 4.78 is 0. The first kappa shape index (κ1) is 16.6. The van der Waals surface area contributed by atoms with Crippen molar-refractivity contribution >= 4 is 22.7 Å². The Kier molecular flexibility index (Phi) is 4.31. The molecule has 1 heterocycles. The minimum absolute atomic E-state index is 0.243. The van der Waals surface area contributed by atoms with E-state index in [2.05, 4.69) is 39.6 Å². The summed E-state index contributed by atoms with van der Waals surface area (Å²) in [6, 6.07) is 28.5. The summed E-state index contributed by atoms with van der Waals surface area (Å²) in [5.41, 5.74) is 3.59. The van der Waals surface area contributed by atoms with Gasteiger partial charge in [0, 0.05) is 5.56 Å². The average Bonchev–Trinajstić information content (AvgIpc) is 2.69. The van der Waals surface area contributed by atoms with Crippen LogP contribution in [0.5, 0.6) is 0 Å². The van der Waals surface area contributed by atoms with Gasteiger partial charge >= 0.3 is 0 Å². The zero-order valence-electron chi connectivity index (χ0n) is 14.4. The van der Waals surface area contributed by atoms with Crippen LogP contribution < -0.4 is 5.32 Å². The predicted molar refractivity (Wildman–Crippen MR) is 109 cm³/mol. The van der Waals surface area contributed by atoms with Gasteiger partial charge < -0.3 is 5.32 Å². The highest BCUT2D eigenvalue weighted by atomic mass is 35.5. The van der Waals surface area contributed by atoms with Crippen molar-refractivity contribution in [3.8, 4) is 11.1 Å². The quantitative estimate of drug-likeness (QED) is 0.643. The Morgan fingerprint density at radius 3 is 2.04 bits per heavy atom. The molecule has 0 bridgehead atoms. The zero-order valence-corrected chi connectivity index (χ0v) is 15.1. The second-order valence-corrected chi connectivity index (χ2v) is 6.65. The average molecular weight is 360 g/mol. The number of hydrogen-bond acceptors (Lipinski definition) is 3. The van der Waals surface area contributed by atoms with Crippen LogP contribution in [0.15, 0.2) is 94.9 Å². The lowest BCUT2D eigenvalue weighted by atomic mass is 9.96.